The number of ether oxygens (including phenoxy) is 1. The average molecular weight is 469 g/mol. The van der Waals surface area contributed by atoms with Crippen LogP contribution in [0.15, 0.2) is 33.9 Å². The molecular weight excluding hydrogens is 444 g/mol. The number of thioether (sulfide) groups is 1. The van der Waals surface area contributed by atoms with Crippen LogP contribution in [0.2, 0.25) is 0 Å². The number of aromatic nitrogens is 2. The number of carbonyl (C=O) groups is 2. The molecule has 31 heavy (non-hydrogen) atoms. The second-order valence-corrected chi connectivity index (χ2v) is 10.3. The summed E-state index contributed by atoms with van der Waals surface area (Å²) < 4.78 is 33.8. The van der Waals surface area contributed by atoms with Crippen LogP contribution in [0.5, 0.6) is 5.75 Å². The number of rotatable bonds is 10. The normalized spacial score (nSPS) is 17.4. The highest BCUT2D eigenvalue weighted by Crippen LogP contribution is 2.25. The average Bonchev–Trinajstić information content (AvgIpc) is 3.32. The van der Waals surface area contributed by atoms with Crippen molar-refractivity contribution in [2.45, 2.75) is 24.5 Å². The second-order valence-electron chi connectivity index (χ2n) is 7.18. The summed E-state index contributed by atoms with van der Waals surface area (Å²) in [7, 11) is -1.42. The lowest BCUT2D eigenvalue weighted by Crippen LogP contribution is -2.35. The van der Waals surface area contributed by atoms with E-state index in [9.17, 15) is 18.0 Å². The highest BCUT2D eigenvalue weighted by atomic mass is 32.2. The summed E-state index contributed by atoms with van der Waals surface area (Å²) in [5.74, 6) is 0.564. The van der Waals surface area contributed by atoms with E-state index in [1.54, 1.807) is 31.4 Å². The van der Waals surface area contributed by atoms with Gasteiger partial charge in [0.05, 0.1) is 24.4 Å². The minimum Gasteiger partial charge on any atom is -0.497 e. The number of nitrogens with two attached hydrogens (primary N) is 1. The lowest BCUT2D eigenvalue weighted by Gasteiger charge is -2.22. The van der Waals surface area contributed by atoms with Gasteiger partial charge >= 0.3 is 0 Å². The molecule has 2 amide bonds. The third-order valence-corrected chi connectivity index (χ3v) is 7.46. The molecule has 1 aromatic heterocycles. The van der Waals surface area contributed by atoms with Gasteiger partial charge in [0.1, 0.15) is 5.75 Å². The van der Waals surface area contributed by atoms with Crippen LogP contribution >= 0.6 is 11.8 Å². The van der Waals surface area contributed by atoms with Crippen molar-refractivity contribution in [3.05, 3.63) is 30.2 Å². The quantitative estimate of drug-likeness (QED) is 0.506. The van der Waals surface area contributed by atoms with Gasteiger partial charge < -0.3 is 19.8 Å². The van der Waals surface area contributed by atoms with Crippen LogP contribution in [-0.4, -0.2) is 61.3 Å². The topological polar surface area (TPSA) is 146 Å². The number of nitrogens with zero attached hydrogens (tertiary/aromatic N) is 3. The third kappa shape index (κ3) is 6.69. The summed E-state index contributed by atoms with van der Waals surface area (Å²) in [6.45, 7) is 0.145. The van der Waals surface area contributed by atoms with Gasteiger partial charge in [-0.15, -0.1) is 10.2 Å². The molecule has 1 unspecified atom stereocenters. The first kappa shape index (κ1) is 23.1. The number of carbonyl (C=O) groups excluding carboxylic acids is 2. The van der Waals surface area contributed by atoms with Gasteiger partial charge in [-0.1, -0.05) is 11.8 Å². The van der Waals surface area contributed by atoms with Crippen molar-refractivity contribution in [3.63, 3.8) is 0 Å². The van der Waals surface area contributed by atoms with Crippen molar-refractivity contribution in [2.24, 2.45) is 11.7 Å². The fourth-order valence-corrected chi connectivity index (χ4v) is 5.76. The molecule has 0 radical (unpaired) electrons. The van der Waals surface area contributed by atoms with Crippen molar-refractivity contribution in [3.8, 4) is 5.75 Å². The zero-order valence-corrected chi connectivity index (χ0v) is 18.7. The van der Waals surface area contributed by atoms with Gasteiger partial charge in [-0.05, 0) is 36.6 Å². The molecule has 2 N–H and O–H groups in total. The van der Waals surface area contributed by atoms with Crippen LogP contribution in [0.4, 0.5) is 5.69 Å². The Morgan fingerprint density at radius 2 is 2.03 bits per heavy atom. The van der Waals surface area contributed by atoms with Gasteiger partial charge in [-0.3, -0.25) is 9.59 Å². The van der Waals surface area contributed by atoms with E-state index in [1.165, 1.54) is 4.90 Å². The molecule has 12 heteroatoms. The third-order valence-electron chi connectivity index (χ3n) is 4.82. The lowest BCUT2D eigenvalue weighted by molar-refractivity contribution is -0.118. The fraction of sp³-hybridized carbons (Fsp3) is 0.474. The molecule has 10 nitrogen and oxygen atoms in total. The Morgan fingerprint density at radius 3 is 2.65 bits per heavy atom. The molecule has 1 aromatic carbocycles. The molecule has 0 spiro atoms. The summed E-state index contributed by atoms with van der Waals surface area (Å²) in [5.41, 5.74) is 5.86. The maximum atomic E-state index is 12.8. The first-order valence-electron chi connectivity index (χ1n) is 9.64. The molecule has 0 bridgehead atoms. The molecule has 2 aromatic rings. The molecule has 1 aliphatic heterocycles. The van der Waals surface area contributed by atoms with Crippen molar-refractivity contribution in [1.82, 2.24) is 10.2 Å². The molecule has 1 saturated heterocycles. The molecule has 1 aliphatic rings. The smallest absolute Gasteiger partial charge is 0.277 e. The molecule has 0 saturated carbocycles. The first-order chi connectivity index (χ1) is 14.8. The zero-order chi connectivity index (χ0) is 22.4. The number of methoxy groups -OCH3 is 1. The summed E-state index contributed by atoms with van der Waals surface area (Å²) in [6.07, 6.45) is 1.01. The highest BCUT2D eigenvalue weighted by molar-refractivity contribution is 7.99. The molecule has 1 atom stereocenters. The van der Waals surface area contributed by atoms with Gasteiger partial charge in [-0.2, -0.15) is 0 Å². The molecular formula is C19H24N4O6S2. The Labute approximate surface area is 184 Å². The van der Waals surface area contributed by atoms with Crippen LogP contribution in [0, 0.1) is 5.92 Å². The number of sulfone groups is 1. The van der Waals surface area contributed by atoms with Crippen LogP contribution in [0.25, 0.3) is 0 Å². The first-order valence-corrected chi connectivity index (χ1v) is 12.4. The minimum atomic E-state index is -2.97. The van der Waals surface area contributed by atoms with Crippen molar-refractivity contribution in [1.29, 1.82) is 0 Å². The Balaban J connectivity index is 1.59. The standard InChI is InChI=1S/C19H24N4O6S2/c1-28-15-4-2-14(3-5-15)23(8-6-16(20)24)18(25)11-30-19-22-21-17(29-19)10-13-7-9-31(26,27)12-13/h2-5,13H,6-12H2,1H3,(H2,20,24). The Morgan fingerprint density at radius 1 is 1.29 bits per heavy atom. The van der Waals surface area contributed by atoms with Gasteiger partial charge in [0.15, 0.2) is 9.84 Å². The van der Waals surface area contributed by atoms with Crippen molar-refractivity contribution >= 4 is 39.1 Å². The molecule has 1 fully saturated rings. The lowest BCUT2D eigenvalue weighted by atomic mass is 10.1. The zero-order valence-electron chi connectivity index (χ0n) is 17.0. The van der Waals surface area contributed by atoms with Crippen LogP contribution < -0.4 is 15.4 Å². The van der Waals surface area contributed by atoms with Crippen LogP contribution in [0.1, 0.15) is 18.7 Å². The van der Waals surface area contributed by atoms with E-state index in [2.05, 4.69) is 10.2 Å². The number of amides is 2. The second kappa shape index (κ2) is 10.1. The molecule has 168 valence electrons. The van der Waals surface area contributed by atoms with Gasteiger partial charge in [0.2, 0.25) is 17.7 Å². The number of benzene rings is 1. The van der Waals surface area contributed by atoms with Crippen molar-refractivity contribution in [2.75, 3.05) is 35.8 Å². The van der Waals surface area contributed by atoms with E-state index in [0.29, 0.717) is 30.2 Å². The molecule has 3 rings (SSSR count). The fourth-order valence-electron chi connectivity index (χ4n) is 3.24. The molecule has 0 aliphatic carbocycles. The van der Waals surface area contributed by atoms with Gasteiger partial charge in [0, 0.05) is 25.1 Å². The summed E-state index contributed by atoms with van der Waals surface area (Å²) in [6, 6.07) is 6.90. The number of primary amides is 1. The maximum absolute atomic E-state index is 12.8. The molecule has 2 heterocycles. The minimum absolute atomic E-state index is 0.0181. The van der Waals surface area contributed by atoms with Gasteiger partial charge in [-0.25, -0.2) is 8.42 Å². The summed E-state index contributed by atoms with van der Waals surface area (Å²) >= 11 is 1.08. The largest absolute Gasteiger partial charge is 0.497 e. The van der Waals surface area contributed by atoms with E-state index in [-0.39, 0.29) is 47.3 Å². The van der Waals surface area contributed by atoms with E-state index < -0.39 is 15.7 Å². The van der Waals surface area contributed by atoms with E-state index >= 15 is 0 Å². The number of anilines is 1. The van der Waals surface area contributed by atoms with Crippen LogP contribution in [0.3, 0.4) is 0 Å². The van der Waals surface area contributed by atoms with E-state index in [4.69, 9.17) is 14.9 Å². The Hall–Kier alpha value is -2.60. The Bertz CT molecular complexity index is 1020. The Kier molecular flexibility index (Phi) is 7.55. The summed E-state index contributed by atoms with van der Waals surface area (Å²) in [5, 5.41) is 8.12. The van der Waals surface area contributed by atoms with E-state index in [1.807, 2.05) is 0 Å². The maximum Gasteiger partial charge on any atom is 0.277 e. The number of hydrogen-bond donors (Lipinski definition) is 1. The summed E-state index contributed by atoms with van der Waals surface area (Å²) in [4.78, 5) is 25.5. The van der Waals surface area contributed by atoms with Crippen molar-refractivity contribution < 1.29 is 27.2 Å². The predicted octanol–water partition coefficient (Wildman–Crippen LogP) is 1.06. The highest BCUT2D eigenvalue weighted by Gasteiger charge is 2.29. The number of hydrogen-bond acceptors (Lipinski definition) is 9. The SMILES string of the molecule is COc1ccc(N(CCC(N)=O)C(=O)CSc2nnc(CC3CCS(=O)(=O)C3)o2)cc1. The monoisotopic (exact) mass is 468 g/mol. The van der Waals surface area contributed by atoms with Crippen LogP contribution in [-0.2, 0) is 25.8 Å². The van der Waals surface area contributed by atoms with E-state index in [0.717, 1.165) is 11.8 Å². The predicted molar refractivity (Wildman–Crippen MR) is 115 cm³/mol. The van der Waals surface area contributed by atoms with Gasteiger partial charge in [0.25, 0.3) is 5.22 Å².